The maximum atomic E-state index is 5.96. The Morgan fingerprint density at radius 2 is 2.05 bits per heavy atom. The molecule has 114 valence electrons. The van der Waals surface area contributed by atoms with Crippen LogP contribution in [0.3, 0.4) is 0 Å². The molecule has 1 aromatic carbocycles. The lowest BCUT2D eigenvalue weighted by Gasteiger charge is -2.27. The van der Waals surface area contributed by atoms with Crippen LogP contribution >= 0.6 is 0 Å². The summed E-state index contributed by atoms with van der Waals surface area (Å²) in [5, 5.41) is 12.0. The summed E-state index contributed by atoms with van der Waals surface area (Å²) in [6.07, 6.45) is 0. The first-order valence-corrected chi connectivity index (χ1v) is 7.03. The zero-order valence-electron chi connectivity index (χ0n) is 13.3. The van der Waals surface area contributed by atoms with E-state index in [1.54, 1.807) is 7.11 Å². The molecule has 6 heteroatoms. The minimum absolute atomic E-state index is 0.197. The fourth-order valence-corrected chi connectivity index (χ4v) is 1.94. The van der Waals surface area contributed by atoms with Crippen LogP contribution in [0.1, 0.15) is 27.7 Å². The number of tetrazole rings is 1. The Balaban J connectivity index is 2.30. The van der Waals surface area contributed by atoms with Gasteiger partial charge >= 0.3 is 0 Å². The Morgan fingerprint density at radius 3 is 2.62 bits per heavy atom. The van der Waals surface area contributed by atoms with Gasteiger partial charge in [-0.25, -0.2) is 4.68 Å². The van der Waals surface area contributed by atoms with Gasteiger partial charge in [-0.3, -0.25) is 0 Å². The summed E-state index contributed by atoms with van der Waals surface area (Å²) in [4.78, 5) is 0. The van der Waals surface area contributed by atoms with E-state index in [4.69, 9.17) is 10.5 Å². The number of ether oxygens (including phenoxy) is 1. The first-order valence-electron chi connectivity index (χ1n) is 7.03. The molecule has 21 heavy (non-hydrogen) atoms. The highest BCUT2D eigenvalue weighted by Crippen LogP contribution is 2.30. The van der Waals surface area contributed by atoms with Gasteiger partial charge in [0.2, 0.25) is 0 Å². The van der Waals surface area contributed by atoms with E-state index in [0.717, 1.165) is 17.9 Å². The van der Waals surface area contributed by atoms with Crippen molar-refractivity contribution in [3.63, 3.8) is 0 Å². The van der Waals surface area contributed by atoms with Gasteiger partial charge in [-0.15, -0.1) is 5.10 Å². The van der Waals surface area contributed by atoms with Crippen LogP contribution in [-0.2, 0) is 6.54 Å². The Kier molecular flexibility index (Phi) is 4.16. The zero-order valence-corrected chi connectivity index (χ0v) is 13.3. The van der Waals surface area contributed by atoms with Crippen molar-refractivity contribution in [2.45, 2.75) is 34.2 Å². The highest BCUT2D eigenvalue weighted by molar-refractivity contribution is 5.66. The summed E-state index contributed by atoms with van der Waals surface area (Å²) >= 11 is 0. The van der Waals surface area contributed by atoms with Gasteiger partial charge in [0.1, 0.15) is 5.75 Å². The number of methoxy groups -OCH3 is 1. The van der Waals surface area contributed by atoms with Gasteiger partial charge in [0.15, 0.2) is 5.82 Å². The van der Waals surface area contributed by atoms with E-state index in [0.29, 0.717) is 17.4 Å². The van der Waals surface area contributed by atoms with Crippen LogP contribution in [0.15, 0.2) is 18.2 Å². The quantitative estimate of drug-likeness (QED) is 0.875. The third kappa shape index (κ3) is 3.32. The number of anilines is 1. The van der Waals surface area contributed by atoms with E-state index in [9.17, 15) is 0 Å². The molecule has 0 radical (unpaired) electrons. The van der Waals surface area contributed by atoms with Crippen molar-refractivity contribution in [2.24, 2.45) is 11.3 Å². The van der Waals surface area contributed by atoms with Crippen LogP contribution in [0.2, 0.25) is 0 Å². The van der Waals surface area contributed by atoms with E-state index in [1.807, 2.05) is 22.9 Å². The number of rotatable bonds is 4. The van der Waals surface area contributed by atoms with Crippen LogP contribution in [-0.4, -0.2) is 27.3 Å². The molecule has 0 saturated carbocycles. The smallest absolute Gasteiger partial charge is 0.182 e. The molecule has 1 unspecified atom stereocenters. The number of nitrogens with zero attached hydrogens (tertiary/aromatic N) is 4. The van der Waals surface area contributed by atoms with Crippen LogP contribution < -0.4 is 10.5 Å². The molecule has 0 amide bonds. The molecule has 0 aliphatic carbocycles. The average Bonchev–Trinajstić information content (AvgIpc) is 2.85. The Morgan fingerprint density at radius 1 is 1.33 bits per heavy atom. The van der Waals surface area contributed by atoms with Gasteiger partial charge in [-0.1, -0.05) is 27.7 Å². The summed E-state index contributed by atoms with van der Waals surface area (Å²) in [5.41, 5.74) is 7.62. The van der Waals surface area contributed by atoms with Crippen LogP contribution in [0.25, 0.3) is 11.4 Å². The molecule has 6 nitrogen and oxygen atoms in total. The van der Waals surface area contributed by atoms with Gasteiger partial charge in [0.25, 0.3) is 0 Å². The third-order valence-electron chi connectivity index (χ3n) is 3.94. The molecule has 2 N–H and O–H groups in total. The molecule has 0 aliphatic heterocycles. The van der Waals surface area contributed by atoms with Crippen LogP contribution in [0.5, 0.6) is 5.75 Å². The normalized spacial score (nSPS) is 13.2. The second-order valence-electron chi connectivity index (χ2n) is 6.41. The number of hydrogen-bond donors (Lipinski definition) is 1. The second kappa shape index (κ2) is 5.71. The van der Waals surface area contributed by atoms with E-state index in [2.05, 4.69) is 43.2 Å². The topological polar surface area (TPSA) is 78.9 Å². The minimum atomic E-state index is 0.197. The van der Waals surface area contributed by atoms with Gasteiger partial charge in [0.05, 0.1) is 12.8 Å². The fraction of sp³-hybridized carbons (Fsp3) is 0.533. The lowest BCUT2D eigenvalue weighted by molar-refractivity contribution is 0.225. The highest BCUT2D eigenvalue weighted by Gasteiger charge is 2.22. The average molecular weight is 289 g/mol. The Labute approximate surface area is 125 Å². The van der Waals surface area contributed by atoms with Crippen molar-refractivity contribution in [1.29, 1.82) is 0 Å². The maximum Gasteiger partial charge on any atom is 0.182 e. The predicted molar refractivity (Wildman–Crippen MR) is 82.8 cm³/mol. The van der Waals surface area contributed by atoms with Gasteiger partial charge in [0, 0.05) is 12.1 Å². The van der Waals surface area contributed by atoms with Crippen molar-refractivity contribution in [2.75, 3.05) is 12.8 Å². The van der Waals surface area contributed by atoms with Crippen molar-refractivity contribution in [3.8, 4) is 17.1 Å². The first-order chi connectivity index (χ1) is 9.82. The van der Waals surface area contributed by atoms with Crippen molar-refractivity contribution < 1.29 is 4.74 Å². The molecule has 1 aromatic heterocycles. The van der Waals surface area contributed by atoms with E-state index in [1.165, 1.54) is 0 Å². The van der Waals surface area contributed by atoms with Crippen molar-refractivity contribution in [3.05, 3.63) is 18.2 Å². The molecule has 2 aromatic rings. The van der Waals surface area contributed by atoms with Gasteiger partial charge < -0.3 is 10.5 Å². The maximum absolute atomic E-state index is 5.96. The molecule has 1 atom stereocenters. The highest BCUT2D eigenvalue weighted by atomic mass is 16.5. The van der Waals surface area contributed by atoms with E-state index in [-0.39, 0.29) is 5.41 Å². The van der Waals surface area contributed by atoms with E-state index >= 15 is 0 Å². The standard InChI is InChI=1S/C15H23N5O/c1-10(15(2,3)4)9-20-14(17-18-19-20)11-6-7-13(21-5)12(16)8-11/h6-8,10H,9,16H2,1-5H3. The molecule has 0 aliphatic rings. The number of nitrogens with two attached hydrogens (primary N) is 1. The summed E-state index contributed by atoms with van der Waals surface area (Å²) in [5.74, 6) is 1.82. The van der Waals surface area contributed by atoms with Gasteiger partial charge in [-0.05, 0) is 40.0 Å². The van der Waals surface area contributed by atoms with Crippen LogP contribution in [0, 0.1) is 11.3 Å². The Bertz CT molecular complexity index is 615. The largest absolute Gasteiger partial charge is 0.495 e. The Hall–Kier alpha value is -2.11. The molecule has 1 heterocycles. The summed E-state index contributed by atoms with van der Waals surface area (Å²) in [7, 11) is 1.60. The summed E-state index contributed by atoms with van der Waals surface area (Å²) in [6, 6.07) is 5.58. The number of nitrogen functional groups attached to an aromatic ring is 1. The minimum Gasteiger partial charge on any atom is -0.495 e. The lowest BCUT2D eigenvalue weighted by atomic mass is 9.82. The molecular formula is C15H23N5O. The molecule has 2 rings (SSSR count). The molecule has 0 saturated heterocycles. The first kappa shape index (κ1) is 15.3. The monoisotopic (exact) mass is 289 g/mol. The summed E-state index contributed by atoms with van der Waals surface area (Å²) in [6.45, 7) is 9.61. The zero-order chi connectivity index (χ0) is 15.6. The molecule has 0 bridgehead atoms. The van der Waals surface area contributed by atoms with Crippen LogP contribution in [0.4, 0.5) is 5.69 Å². The SMILES string of the molecule is COc1ccc(-c2nnnn2CC(C)C(C)(C)C)cc1N. The van der Waals surface area contributed by atoms with Crippen molar-refractivity contribution in [1.82, 2.24) is 20.2 Å². The molecule has 0 fully saturated rings. The number of hydrogen-bond acceptors (Lipinski definition) is 5. The predicted octanol–water partition coefficient (Wildman–Crippen LogP) is 2.61. The van der Waals surface area contributed by atoms with Crippen molar-refractivity contribution >= 4 is 5.69 Å². The summed E-state index contributed by atoms with van der Waals surface area (Å²) < 4.78 is 7.00. The number of benzene rings is 1. The lowest BCUT2D eigenvalue weighted by Crippen LogP contribution is -2.23. The van der Waals surface area contributed by atoms with Gasteiger partial charge in [-0.2, -0.15) is 0 Å². The fourth-order valence-electron chi connectivity index (χ4n) is 1.94. The number of aromatic nitrogens is 4. The third-order valence-corrected chi connectivity index (χ3v) is 3.94. The molecule has 0 spiro atoms. The second-order valence-corrected chi connectivity index (χ2v) is 6.41. The molecular weight excluding hydrogens is 266 g/mol. The van der Waals surface area contributed by atoms with E-state index < -0.39 is 0 Å².